The number of hydrogen-bond donors (Lipinski definition) is 0. The Bertz CT molecular complexity index is 874. The lowest BCUT2D eigenvalue weighted by molar-refractivity contribution is -0.275. The van der Waals surface area contributed by atoms with Crippen LogP contribution >= 0.6 is 0 Å². The highest BCUT2D eigenvalue weighted by atomic mass is 19.4. The van der Waals surface area contributed by atoms with Crippen molar-refractivity contribution in [1.29, 1.82) is 0 Å². The van der Waals surface area contributed by atoms with Crippen molar-refractivity contribution in [3.8, 4) is 16.9 Å². The Hall–Kier alpha value is -2.04. The average Bonchev–Trinajstić information content (AvgIpc) is 2.74. The van der Waals surface area contributed by atoms with Gasteiger partial charge in [-0.05, 0) is 84.6 Å². The van der Waals surface area contributed by atoms with Crippen molar-refractivity contribution < 1.29 is 22.3 Å². The van der Waals surface area contributed by atoms with E-state index in [0.29, 0.717) is 11.5 Å². The van der Waals surface area contributed by atoms with E-state index < -0.39 is 17.9 Å². The number of rotatable bonds is 5. The second-order valence-electron chi connectivity index (χ2n) is 9.31. The number of hydrogen-bond acceptors (Lipinski definition) is 1. The van der Waals surface area contributed by atoms with Crippen LogP contribution in [0.15, 0.2) is 42.5 Å². The molecule has 168 valence electrons. The lowest BCUT2D eigenvalue weighted by atomic mass is 9.63. The molecule has 0 bridgehead atoms. The van der Waals surface area contributed by atoms with Crippen molar-refractivity contribution >= 4 is 0 Å². The van der Waals surface area contributed by atoms with Gasteiger partial charge in [-0.2, -0.15) is 0 Å². The van der Waals surface area contributed by atoms with E-state index in [9.17, 15) is 17.6 Å². The zero-order valence-electron chi connectivity index (χ0n) is 17.9. The maximum Gasteiger partial charge on any atom is 0.573 e. The van der Waals surface area contributed by atoms with Gasteiger partial charge in [0.05, 0.1) is 0 Å². The molecule has 0 heterocycles. The van der Waals surface area contributed by atoms with Gasteiger partial charge in [-0.15, -0.1) is 13.2 Å². The Labute approximate surface area is 181 Å². The number of halogens is 4. The first-order chi connectivity index (χ1) is 14.8. The molecule has 2 aliphatic carbocycles. The van der Waals surface area contributed by atoms with E-state index >= 15 is 0 Å². The minimum atomic E-state index is -4.90. The van der Waals surface area contributed by atoms with Gasteiger partial charge in [0.25, 0.3) is 0 Å². The minimum absolute atomic E-state index is 0.538. The minimum Gasteiger partial charge on any atom is -0.403 e. The molecule has 0 saturated heterocycles. The molecule has 0 aliphatic heterocycles. The number of fused-ring (bicyclic) bond motifs is 1. The zero-order chi connectivity index (χ0) is 22.0. The first-order valence-electron chi connectivity index (χ1n) is 11.5. The van der Waals surface area contributed by atoms with E-state index in [0.717, 1.165) is 35.4 Å². The Morgan fingerprint density at radius 1 is 0.871 bits per heavy atom. The molecule has 2 fully saturated rings. The summed E-state index contributed by atoms with van der Waals surface area (Å²) in [7, 11) is 0. The molecule has 4 rings (SSSR count). The third kappa shape index (κ3) is 5.42. The molecule has 4 atom stereocenters. The smallest absolute Gasteiger partial charge is 0.403 e. The lowest BCUT2D eigenvalue weighted by Crippen LogP contribution is -2.30. The van der Waals surface area contributed by atoms with Crippen LogP contribution in [0.4, 0.5) is 17.6 Å². The fraction of sp³-hybridized carbons (Fsp3) is 0.538. The fourth-order valence-corrected chi connectivity index (χ4v) is 5.80. The molecule has 5 heteroatoms. The molecule has 0 amide bonds. The average molecular weight is 435 g/mol. The van der Waals surface area contributed by atoms with Crippen molar-refractivity contribution in [1.82, 2.24) is 0 Å². The van der Waals surface area contributed by atoms with Gasteiger partial charge in [0.1, 0.15) is 0 Å². The maximum atomic E-state index is 14.0. The molecule has 2 aliphatic rings. The molecule has 31 heavy (non-hydrogen) atoms. The Balaban J connectivity index is 1.41. The lowest BCUT2D eigenvalue weighted by Gasteiger charge is -2.42. The van der Waals surface area contributed by atoms with Gasteiger partial charge in [0, 0.05) is 0 Å². The summed E-state index contributed by atoms with van der Waals surface area (Å²) in [4.78, 5) is 0. The van der Waals surface area contributed by atoms with Crippen molar-refractivity contribution in [2.75, 3.05) is 0 Å². The molecular weight excluding hydrogens is 404 g/mol. The summed E-state index contributed by atoms with van der Waals surface area (Å²) < 4.78 is 54.8. The third-order valence-corrected chi connectivity index (χ3v) is 7.29. The van der Waals surface area contributed by atoms with Crippen LogP contribution < -0.4 is 4.74 Å². The highest BCUT2D eigenvalue weighted by Crippen LogP contribution is 2.48. The number of benzene rings is 2. The molecule has 1 nitrogen and oxygen atoms in total. The Morgan fingerprint density at radius 2 is 1.55 bits per heavy atom. The Kier molecular flexibility index (Phi) is 6.59. The first-order valence-corrected chi connectivity index (χ1v) is 11.5. The van der Waals surface area contributed by atoms with Crippen LogP contribution in [0.5, 0.6) is 5.75 Å². The molecule has 4 unspecified atom stereocenters. The van der Waals surface area contributed by atoms with Crippen LogP contribution in [0.2, 0.25) is 0 Å². The van der Waals surface area contributed by atoms with Crippen LogP contribution in [0.25, 0.3) is 11.1 Å². The van der Waals surface area contributed by atoms with Crippen molar-refractivity contribution in [2.24, 2.45) is 17.8 Å². The molecule has 2 saturated carbocycles. The predicted molar refractivity (Wildman–Crippen MR) is 114 cm³/mol. The highest BCUT2D eigenvalue weighted by Gasteiger charge is 2.35. The fourth-order valence-electron chi connectivity index (χ4n) is 5.80. The van der Waals surface area contributed by atoms with Gasteiger partial charge in [-0.1, -0.05) is 56.5 Å². The topological polar surface area (TPSA) is 9.23 Å². The van der Waals surface area contributed by atoms with Gasteiger partial charge in [-0.25, -0.2) is 4.39 Å². The van der Waals surface area contributed by atoms with Gasteiger partial charge in [0.2, 0.25) is 0 Å². The summed E-state index contributed by atoms with van der Waals surface area (Å²) in [5.41, 5.74) is 2.64. The zero-order valence-corrected chi connectivity index (χ0v) is 17.9. The van der Waals surface area contributed by atoms with E-state index in [1.807, 2.05) is 12.1 Å². The summed E-state index contributed by atoms with van der Waals surface area (Å²) >= 11 is 0. The first kappa shape index (κ1) is 22.2. The van der Waals surface area contributed by atoms with Crippen molar-refractivity contribution in [3.63, 3.8) is 0 Å². The number of ether oxygens (including phenoxy) is 1. The molecule has 0 spiro atoms. The van der Waals surface area contributed by atoms with Crippen LogP contribution in [-0.2, 0) is 0 Å². The van der Waals surface area contributed by atoms with Gasteiger partial charge >= 0.3 is 6.36 Å². The van der Waals surface area contributed by atoms with Crippen LogP contribution in [0, 0.1) is 23.6 Å². The Morgan fingerprint density at radius 3 is 2.23 bits per heavy atom. The quantitative estimate of drug-likeness (QED) is 0.429. The van der Waals surface area contributed by atoms with E-state index in [1.165, 1.54) is 63.0 Å². The normalized spacial score (nSPS) is 26.4. The monoisotopic (exact) mass is 434 g/mol. The third-order valence-electron chi connectivity index (χ3n) is 7.29. The summed E-state index contributed by atoms with van der Waals surface area (Å²) in [5.74, 6) is 1.39. The maximum absolute atomic E-state index is 14.0. The molecule has 0 N–H and O–H groups in total. The number of alkyl halides is 3. The van der Waals surface area contributed by atoms with E-state index in [2.05, 4.69) is 23.8 Å². The second kappa shape index (κ2) is 9.22. The summed E-state index contributed by atoms with van der Waals surface area (Å²) in [5, 5.41) is 0. The van der Waals surface area contributed by atoms with Crippen LogP contribution in [-0.4, -0.2) is 6.36 Å². The van der Waals surface area contributed by atoms with E-state index in [1.54, 1.807) is 0 Å². The van der Waals surface area contributed by atoms with E-state index in [4.69, 9.17) is 0 Å². The molecule has 2 aromatic rings. The van der Waals surface area contributed by atoms with Gasteiger partial charge in [-0.3, -0.25) is 0 Å². The summed E-state index contributed by atoms with van der Waals surface area (Å²) in [6.45, 7) is 2.28. The van der Waals surface area contributed by atoms with Gasteiger partial charge in [0.15, 0.2) is 11.6 Å². The standard InChI is InChI=1S/C26H30F4O/c1-2-3-17-4-5-22-15-21(11-10-20(22)14-17)18-6-8-19(9-7-18)23-12-13-25(24(27)16-23)31-26(28,29)30/h6-9,12-13,16-17,20-22H,2-5,10-11,14-15H2,1H3. The molecule has 0 aromatic heterocycles. The van der Waals surface area contributed by atoms with E-state index in [-0.39, 0.29) is 0 Å². The summed E-state index contributed by atoms with van der Waals surface area (Å²) in [6.07, 6.45) is 5.68. The van der Waals surface area contributed by atoms with Crippen LogP contribution in [0.1, 0.15) is 69.8 Å². The van der Waals surface area contributed by atoms with Crippen molar-refractivity contribution in [2.45, 2.75) is 70.6 Å². The van der Waals surface area contributed by atoms with Crippen molar-refractivity contribution in [3.05, 3.63) is 53.8 Å². The van der Waals surface area contributed by atoms with Crippen LogP contribution in [0.3, 0.4) is 0 Å². The SMILES string of the molecule is CCCC1CCC2CC(c3ccc(-c4ccc(OC(F)(F)F)c(F)c4)cc3)CCC2C1. The molecule has 2 aromatic carbocycles. The predicted octanol–water partition coefficient (Wildman–Crippen LogP) is 8.49. The largest absolute Gasteiger partial charge is 0.573 e. The summed E-state index contributed by atoms with van der Waals surface area (Å²) in [6, 6.07) is 11.7. The second-order valence-corrected chi connectivity index (χ2v) is 9.31. The molecular formula is C26H30F4O. The van der Waals surface area contributed by atoms with Gasteiger partial charge < -0.3 is 4.74 Å². The highest BCUT2D eigenvalue weighted by molar-refractivity contribution is 5.64. The molecule has 0 radical (unpaired) electrons.